The number of carbonyl (C=O) groups is 1. The number of nitrogens with one attached hydrogen (secondary N) is 1. The molecular formula is C18H25NO2. The fourth-order valence-electron chi connectivity index (χ4n) is 2.80. The van der Waals surface area contributed by atoms with Crippen molar-refractivity contribution >= 4 is 11.5 Å². The molecule has 1 aromatic carbocycles. The molecule has 0 bridgehead atoms. The number of ketones is 1. The highest BCUT2D eigenvalue weighted by molar-refractivity contribution is 5.96. The van der Waals surface area contributed by atoms with Crippen LogP contribution in [0.4, 0.5) is 5.69 Å². The lowest BCUT2D eigenvalue weighted by Gasteiger charge is -2.36. The third-order valence-corrected chi connectivity index (χ3v) is 4.87. The van der Waals surface area contributed by atoms with Gasteiger partial charge in [0, 0.05) is 18.2 Å². The fraction of sp³-hybridized carbons (Fsp3) is 0.500. The molecule has 0 radical (unpaired) electrons. The Hall–Kier alpha value is -1.77. The van der Waals surface area contributed by atoms with Crippen molar-refractivity contribution in [2.45, 2.75) is 46.5 Å². The summed E-state index contributed by atoms with van der Waals surface area (Å²) in [6, 6.07) is 7.06. The van der Waals surface area contributed by atoms with E-state index in [2.05, 4.69) is 26.1 Å². The number of anilines is 1. The number of phenols is 1. The van der Waals surface area contributed by atoms with Crippen molar-refractivity contribution in [1.82, 2.24) is 0 Å². The SMILES string of the molecule is CCC(C)(C)[C@@H]1CCC(=O)/C(=C/Nc2ccccc2O)C1. The molecule has 1 saturated carbocycles. The Labute approximate surface area is 127 Å². The van der Waals surface area contributed by atoms with Crippen LogP contribution < -0.4 is 5.32 Å². The Bertz CT molecular complexity index is 546. The number of hydrogen-bond acceptors (Lipinski definition) is 3. The quantitative estimate of drug-likeness (QED) is 0.633. The summed E-state index contributed by atoms with van der Waals surface area (Å²) in [4.78, 5) is 12.1. The Balaban J connectivity index is 2.12. The van der Waals surface area contributed by atoms with Crippen molar-refractivity contribution in [1.29, 1.82) is 0 Å². The zero-order valence-corrected chi connectivity index (χ0v) is 13.1. The largest absolute Gasteiger partial charge is 0.506 e. The minimum atomic E-state index is 0.197. The number of phenolic OH excluding ortho intramolecular Hbond substituents is 1. The summed E-state index contributed by atoms with van der Waals surface area (Å²) in [6.07, 6.45) is 5.32. The summed E-state index contributed by atoms with van der Waals surface area (Å²) in [5, 5.41) is 12.8. The molecule has 0 aromatic heterocycles. The Morgan fingerprint density at radius 1 is 1.38 bits per heavy atom. The second-order valence-electron chi connectivity index (χ2n) is 6.54. The molecule has 0 spiro atoms. The molecule has 0 aliphatic heterocycles. The van der Waals surface area contributed by atoms with E-state index in [1.807, 2.05) is 6.07 Å². The van der Waals surface area contributed by atoms with Crippen molar-refractivity contribution in [3.8, 4) is 5.75 Å². The first-order valence-corrected chi connectivity index (χ1v) is 7.71. The predicted octanol–water partition coefficient (Wildman–Crippen LogP) is 4.49. The second kappa shape index (κ2) is 6.33. The average Bonchev–Trinajstić information content (AvgIpc) is 2.47. The van der Waals surface area contributed by atoms with Crippen molar-refractivity contribution in [3.05, 3.63) is 36.0 Å². The highest BCUT2D eigenvalue weighted by Gasteiger charge is 2.33. The number of para-hydroxylation sites is 2. The zero-order chi connectivity index (χ0) is 15.5. The van der Waals surface area contributed by atoms with E-state index in [9.17, 15) is 9.90 Å². The van der Waals surface area contributed by atoms with Crippen LogP contribution in [0.1, 0.15) is 46.5 Å². The van der Waals surface area contributed by atoms with Gasteiger partial charge < -0.3 is 10.4 Å². The van der Waals surface area contributed by atoms with E-state index in [1.54, 1.807) is 24.4 Å². The minimum Gasteiger partial charge on any atom is -0.506 e. The second-order valence-corrected chi connectivity index (χ2v) is 6.54. The molecule has 114 valence electrons. The number of aromatic hydroxyl groups is 1. The smallest absolute Gasteiger partial charge is 0.160 e. The molecule has 1 fully saturated rings. The molecule has 3 nitrogen and oxygen atoms in total. The lowest BCUT2D eigenvalue weighted by Crippen LogP contribution is -2.29. The molecule has 3 heteroatoms. The van der Waals surface area contributed by atoms with E-state index in [1.165, 1.54) is 0 Å². The van der Waals surface area contributed by atoms with Gasteiger partial charge >= 0.3 is 0 Å². The Morgan fingerprint density at radius 2 is 2.10 bits per heavy atom. The first-order chi connectivity index (χ1) is 9.94. The topological polar surface area (TPSA) is 49.3 Å². The van der Waals surface area contributed by atoms with Crippen LogP contribution in [0, 0.1) is 11.3 Å². The van der Waals surface area contributed by atoms with E-state index in [4.69, 9.17) is 0 Å². The number of hydrogen-bond donors (Lipinski definition) is 2. The lowest BCUT2D eigenvalue weighted by atomic mass is 9.68. The molecule has 0 saturated heterocycles. The van der Waals surface area contributed by atoms with Crippen LogP contribution in [0.5, 0.6) is 5.75 Å². The summed E-state index contributed by atoms with van der Waals surface area (Å²) in [5.74, 6) is 0.960. The molecule has 0 amide bonds. The van der Waals surface area contributed by atoms with E-state index in [0.29, 0.717) is 18.0 Å². The molecule has 1 atom stereocenters. The number of carbonyl (C=O) groups excluding carboxylic acids is 1. The number of benzene rings is 1. The van der Waals surface area contributed by atoms with Crippen molar-refractivity contribution in [2.24, 2.45) is 11.3 Å². The maximum absolute atomic E-state index is 12.1. The number of allylic oxidation sites excluding steroid dienone is 1. The van der Waals surface area contributed by atoms with Gasteiger partial charge in [-0.15, -0.1) is 0 Å². The fourth-order valence-corrected chi connectivity index (χ4v) is 2.80. The van der Waals surface area contributed by atoms with Gasteiger partial charge in [0.2, 0.25) is 0 Å². The summed E-state index contributed by atoms with van der Waals surface area (Å²) in [6.45, 7) is 6.77. The highest BCUT2D eigenvalue weighted by atomic mass is 16.3. The van der Waals surface area contributed by atoms with Crippen LogP contribution >= 0.6 is 0 Å². The van der Waals surface area contributed by atoms with Gasteiger partial charge in [0.15, 0.2) is 5.78 Å². The first kappa shape index (κ1) is 15.6. The average molecular weight is 287 g/mol. The summed E-state index contributed by atoms with van der Waals surface area (Å²) in [5.41, 5.74) is 1.74. The van der Waals surface area contributed by atoms with Crippen molar-refractivity contribution in [2.75, 3.05) is 5.32 Å². The number of Topliss-reactive ketones (excluding diaryl/α,β-unsaturated/α-hetero) is 1. The molecule has 2 rings (SSSR count). The van der Waals surface area contributed by atoms with Gasteiger partial charge in [-0.1, -0.05) is 39.3 Å². The molecule has 2 N–H and O–H groups in total. The molecular weight excluding hydrogens is 262 g/mol. The van der Waals surface area contributed by atoms with E-state index in [0.717, 1.165) is 24.8 Å². The van der Waals surface area contributed by atoms with Crippen LogP contribution in [0.15, 0.2) is 36.0 Å². The minimum absolute atomic E-state index is 0.197. The molecule has 0 unspecified atom stereocenters. The van der Waals surface area contributed by atoms with Crippen LogP contribution in [-0.4, -0.2) is 10.9 Å². The maximum atomic E-state index is 12.1. The van der Waals surface area contributed by atoms with Crippen molar-refractivity contribution < 1.29 is 9.90 Å². The van der Waals surface area contributed by atoms with Gasteiger partial charge in [-0.3, -0.25) is 4.79 Å². The van der Waals surface area contributed by atoms with Gasteiger partial charge in [-0.2, -0.15) is 0 Å². The Kier molecular flexibility index (Phi) is 4.71. The van der Waals surface area contributed by atoms with Crippen molar-refractivity contribution in [3.63, 3.8) is 0 Å². The van der Waals surface area contributed by atoms with Gasteiger partial charge in [0.25, 0.3) is 0 Å². The standard InChI is InChI=1S/C18H25NO2/c1-4-18(2,3)14-9-10-16(20)13(11-14)12-19-15-7-5-6-8-17(15)21/h5-8,12,14,19,21H,4,9-11H2,1-3H3/b13-12+/t14-/m1/s1. The lowest BCUT2D eigenvalue weighted by molar-refractivity contribution is -0.117. The molecule has 1 aliphatic carbocycles. The van der Waals surface area contributed by atoms with E-state index < -0.39 is 0 Å². The van der Waals surface area contributed by atoms with Gasteiger partial charge in [0.1, 0.15) is 5.75 Å². The number of rotatable bonds is 4. The molecule has 1 aromatic rings. The predicted molar refractivity (Wildman–Crippen MR) is 86.2 cm³/mol. The van der Waals surface area contributed by atoms with E-state index in [-0.39, 0.29) is 16.9 Å². The van der Waals surface area contributed by atoms with Crippen LogP contribution in [-0.2, 0) is 4.79 Å². The normalized spacial score (nSPS) is 21.6. The monoisotopic (exact) mass is 287 g/mol. The van der Waals surface area contributed by atoms with Crippen LogP contribution in [0.2, 0.25) is 0 Å². The van der Waals surface area contributed by atoms with Crippen LogP contribution in [0.25, 0.3) is 0 Å². The van der Waals surface area contributed by atoms with Crippen LogP contribution in [0.3, 0.4) is 0 Å². The summed E-state index contributed by atoms with van der Waals surface area (Å²) in [7, 11) is 0. The molecule has 0 heterocycles. The highest BCUT2D eigenvalue weighted by Crippen LogP contribution is 2.41. The molecule has 1 aliphatic rings. The zero-order valence-electron chi connectivity index (χ0n) is 13.1. The molecule has 21 heavy (non-hydrogen) atoms. The van der Waals surface area contributed by atoms with Gasteiger partial charge in [0.05, 0.1) is 5.69 Å². The summed E-state index contributed by atoms with van der Waals surface area (Å²) < 4.78 is 0. The summed E-state index contributed by atoms with van der Waals surface area (Å²) >= 11 is 0. The van der Waals surface area contributed by atoms with Gasteiger partial charge in [-0.05, 0) is 36.3 Å². The Morgan fingerprint density at radius 3 is 2.76 bits per heavy atom. The van der Waals surface area contributed by atoms with E-state index >= 15 is 0 Å². The first-order valence-electron chi connectivity index (χ1n) is 7.71. The third kappa shape index (κ3) is 3.66. The third-order valence-electron chi connectivity index (χ3n) is 4.87. The van der Waals surface area contributed by atoms with Gasteiger partial charge in [-0.25, -0.2) is 0 Å². The maximum Gasteiger partial charge on any atom is 0.160 e.